The van der Waals surface area contributed by atoms with Crippen molar-refractivity contribution in [1.29, 1.82) is 0 Å². The van der Waals surface area contributed by atoms with Crippen LogP contribution in [0.1, 0.15) is 32.1 Å². The van der Waals surface area contributed by atoms with Crippen LogP contribution in [0.25, 0.3) is 0 Å². The van der Waals surface area contributed by atoms with E-state index in [1.807, 2.05) is 11.8 Å². The van der Waals surface area contributed by atoms with Crippen molar-refractivity contribution < 1.29 is 9.53 Å². The molecule has 1 fully saturated rings. The molecule has 0 aliphatic heterocycles. The van der Waals surface area contributed by atoms with Crippen LogP contribution in [-0.2, 0) is 9.53 Å². The Bertz CT molecular complexity index is 231. The van der Waals surface area contributed by atoms with Crippen molar-refractivity contribution in [2.24, 2.45) is 5.73 Å². The van der Waals surface area contributed by atoms with Gasteiger partial charge in [0, 0.05) is 25.0 Å². The molecule has 100 valence electrons. The number of amides is 1. The van der Waals surface area contributed by atoms with Gasteiger partial charge in [0.2, 0.25) is 5.91 Å². The van der Waals surface area contributed by atoms with E-state index in [1.54, 1.807) is 7.11 Å². The fourth-order valence-electron chi connectivity index (χ4n) is 2.13. The monoisotopic (exact) mass is 260 g/mol. The van der Waals surface area contributed by atoms with Crippen LogP contribution in [0.15, 0.2) is 0 Å². The van der Waals surface area contributed by atoms with E-state index in [-0.39, 0.29) is 5.91 Å². The Labute approximate surface area is 108 Å². The standard InChI is InChI=1S/C12H24N2O2S/c1-16-8-7-11(13)12(15)14-9-3-5-10(17-2)6-4-9/h9-11H,3-8,13H2,1-2H3,(H,14,15). The Morgan fingerprint density at radius 1 is 1.47 bits per heavy atom. The molecule has 0 aromatic carbocycles. The van der Waals surface area contributed by atoms with E-state index >= 15 is 0 Å². The second-order valence-corrected chi connectivity index (χ2v) is 5.74. The molecule has 1 unspecified atom stereocenters. The Kier molecular flexibility index (Phi) is 6.92. The number of hydrogen-bond donors (Lipinski definition) is 2. The van der Waals surface area contributed by atoms with E-state index in [1.165, 1.54) is 12.8 Å². The zero-order valence-electron chi connectivity index (χ0n) is 10.8. The third-order valence-corrected chi connectivity index (χ3v) is 4.46. The number of rotatable bonds is 6. The average molecular weight is 260 g/mol. The first-order valence-corrected chi connectivity index (χ1v) is 7.53. The molecule has 17 heavy (non-hydrogen) atoms. The molecular formula is C12H24N2O2S. The SMILES string of the molecule is COCCC(N)C(=O)NC1CCC(SC)CC1. The van der Waals surface area contributed by atoms with Gasteiger partial charge in [-0.15, -0.1) is 0 Å². The van der Waals surface area contributed by atoms with Crippen molar-refractivity contribution in [3.05, 3.63) is 0 Å². The number of carbonyl (C=O) groups is 1. The molecule has 1 aliphatic rings. The van der Waals surface area contributed by atoms with Gasteiger partial charge >= 0.3 is 0 Å². The molecule has 0 spiro atoms. The summed E-state index contributed by atoms with van der Waals surface area (Å²) in [6.45, 7) is 0.536. The number of hydrogen-bond acceptors (Lipinski definition) is 4. The fraction of sp³-hybridized carbons (Fsp3) is 0.917. The summed E-state index contributed by atoms with van der Waals surface area (Å²) in [7, 11) is 1.62. The van der Waals surface area contributed by atoms with Crippen molar-refractivity contribution in [3.63, 3.8) is 0 Å². The number of thioether (sulfide) groups is 1. The summed E-state index contributed by atoms with van der Waals surface area (Å²) in [4.78, 5) is 11.8. The summed E-state index contributed by atoms with van der Waals surface area (Å²) in [5.41, 5.74) is 5.78. The quantitative estimate of drug-likeness (QED) is 0.752. The Hall–Kier alpha value is -0.260. The summed E-state index contributed by atoms with van der Waals surface area (Å²) in [6, 6.07) is -0.118. The molecule has 1 amide bonds. The summed E-state index contributed by atoms with van der Waals surface area (Å²) < 4.78 is 4.92. The van der Waals surface area contributed by atoms with Gasteiger partial charge in [0.15, 0.2) is 0 Å². The first-order valence-electron chi connectivity index (χ1n) is 6.25. The molecule has 0 saturated heterocycles. The van der Waals surface area contributed by atoms with Gasteiger partial charge < -0.3 is 15.8 Å². The molecule has 3 N–H and O–H groups in total. The maximum atomic E-state index is 11.8. The van der Waals surface area contributed by atoms with E-state index in [2.05, 4.69) is 11.6 Å². The van der Waals surface area contributed by atoms with Gasteiger partial charge in [-0.05, 0) is 38.4 Å². The van der Waals surface area contributed by atoms with E-state index in [4.69, 9.17) is 10.5 Å². The van der Waals surface area contributed by atoms with E-state index < -0.39 is 6.04 Å². The smallest absolute Gasteiger partial charge is 0.237 e. The predicted molar refractivity (Wildman–Crippen MR) is 72.2 cm³/mol. The normalized spacial score (nSPS) is 26.5. The van der Waals surface area contributed by atoms with Crippen molar-refractivity contribution in [2.45, 2.75) is 49.4 Å². The molecule has 0 radical (unpaired) electrons. The van der Waals surface area contributed by atoms with Crippen LogP contribution in [0.2, 0.25) is 0 Å². The highest BCUT2D eigenvalue weighted by molar-refractivity contribution is 7.99. The molecular weight excluding hydrogens is 236 g/mol. The number of carbonyl (C=O) groups excluding carboxylic acids is 1. The number of nitrogens with one attached hydrogen (secondary N) is 1. The first-order chi connectivity index (χ1) is 8.17. The topological polar surface area (TPSA) is 64.3 Å². The third kappa shape index (κ3) is 5.27. The lowest BCUT2D eigenvalue weighted by Crippen LogP contribution is -2.47. The summed E-state index contributed by atoms with van der Waals surface area (Å²) in [6.07, 6.45) is 7.29. The van der Waals surface area contributed by atoms with E-state index in [0.717, 1.165) is 18.1 Å². The zero-order chi connectivity index (χ0) is 12.7. The molecule has 0 aromatic heterocycles. The third-order valence-electron chi connectivity index (χ3n) is 3.32. The Morgan fingerprint density at radius 3 is 2.65 bits per heavy atom. The minimum absolute atomic E-state index is 0.0327. The Balaban J connectivity index is 2.22. The van der Waals surface area contributed by atoms with E-state index in [0.29, 0.717) is 19.1 Å². The van der Waals surface area contributed by atoms with Gasteiger partial charge in [0.1, 0.15) is 0 Å². The second kappa shape index (κ2) is 7.95. The van der Waals surface area contributed by atoms with Gasteiger partial charge in [-0.1, -0.05) is 0 Å². The minimum atomic E-state index is -0.437. The van der Waals surface area contributed by atoms with Gasteiger partial charge in [-0.2, -0.15) is 11.8 Å². The fourth-order valence-corrected chi connectivity index (χ4v) is 2.87. The average Bonchev–Trinajstić information content (AvgIpc) is 2.36. The lowest BCUT2D eigenvalue weighted by molar-refractivity contribution is -0.123. The van der Waals surface area contributed by atoms with Crippen LogP contribution < -0.4 is 11.1 Å². The van der Waals surface area contributed by atoms with E-state index in [9.17, 15) is 4.79 Å². The molecule has 0 heterocycles. The zero-order valence-corrected chi connectivity index (χ0v) is 11.6. The maximum Gasteiger partial charge on any atom is 0.237 e. The first kappa shape index (κ1) is 14.8. The van der Waals surface area contributed by atoms with Crippen LogP contribution in [-0.4, -0.2) is 43.2 Å². The molecule has 1 rings (SSSR count). The predicted octanol–water partition coefficient (Wildman–Crippen LogP) is 1.14. The van der Waals surface area contributed by atoms with Crippen LogP contribution in [0, 0.1) is 0 Å². The Morgan fingerprint density at radius 2 is 2.12 bits per heavy atom. The number of nitrogens with two attached hydrogens (primary N) is 1. The van der Waals surface area contributed by atoms with Crippen LogP contribution in [0.5, 0.6) is 0 Å². The van der Waals surface area contributed by atoms with Crippen LogP contribution in [0.4, 0.5) is 0 Å². The van der Waals surface area contributed by atoms with Crippen LogP contribution in [0.3, 0.4) is 0 Å². The highest BCUT2D eigenvalue weighted by Crippen LogP contribution is 2.26. The lowest BCUT2D eigenvalue weighted by Gasteiger charge is -2.28. The summed E-state index contributed by atoms with van der Waals surface area (Å²) in [5.74, 6) is -0.0327. The molecule has 0 aromatic rings. The van der Waals surface area contributed by atoms with Crippen molar-refractivity contribution in [3.8, 4) is 0 Å². The molecule has 1 atom stereocenters. The summed E-state index contributed by atoms with van der Waals surface area (Å²) >= 11 is 1.93. The minimum Gasteiger partial charge on any atom is -0.385 e. The van der Waals surface area contributed by atoms with Gasteiger partial charge in [0.25, 0.3) is 0 Å². The number of ether oxygens (including phenoxy) is 1. The van der Waals surface area contributed by atoms with Crippen LogP contribution >= 0.6 is 11.8 Å². The molecule has 0 bridgehead atoms. The van der Waals surface area contributed by atoms with Gasteiger partial charge in [-0.3, -0.25) is 4.79 Å². The molecule has 1 aliphatic carbocycles. The van der Waals surface area contributed by atoms with Crippen molar-refractivity contribution >= 4 is 17.7 Å². The summed E-state index contributed by atoms with van der Waals surface area (Å²) in [5, 5.41) is 3.81. The molecule has 1 saturated carbocycles. The second-order valence-electron chi connectivity index (χ2n) is 4.61. The lowest BCUT2D eigenvalue weighted by atomic mass is 9.94. The highest BCUT2D eigenvalue weighted by Gasteiger charge is 2.23. The molecule has 4 nitrogen and oxygen atoms in total. The largest absolute Gasteiger partial charge is 0.385 e. The maximum absolute atomic E-state index is 11.8. The highest BCUT2D eigenvalue weighted by atomic mass is 32.2. The van der Waals surface area contributed by atoms with Gasteiger partial charge in [-0.25, -0.2) is 0 Å². The number of methoxy groups -OCH3 is 1. The van der Waals surface area contributed by atoms with Crippen molar-refractivity contribution in [2.75, 3.05) is 20.0 Å². The van der Waals surface area contributed by atoms with Gasteiger partial charge in [0.05, 0.1) is 6.04 Å². The van der Waals surface area contributed by atoms with Crippen molar-refractivity contribution in [1.82, 2.24) is 5.32 Å². The molecule has 5 heteroatoms.